The minimum absolute atomic E-state index is 0.0487. The van der Waals surface area contributed by atoms with Gasteiger partial charge in [0.2, 0.25) is 5.91 Å². The lowest BCUT2D eigenvalue weighted by atomic mass is 9.67. The van der Waals surface area contributed by atoms with Crippen LogP contribution in [0.4, 0.5) is 4.39 Å². The monoisotopic (exact) mass is 479 g/mol. The number of fused-ring (bicyclic) bond motifs is 1. The standard InChI is InChI=1S/C27H30FN3O4/c1-17(2)31-25(33)21-7-5-4-6-20(21)23(26(34)29-10-12-35-13-11-29)27(31)15-30(16-27)24(32)19-9-8-18(3)22(28)14-19/h4-9,14,17,23H,10-13,15-16H2,1-3H3. The van der Waals surface area contributed by atoms with Crippen molar-refractivity contribution in [3.63, 3.8) is 0 Å². The van der Waals surface area contributed by atoms with Crippen LogP contribution in [0.25, 0.3) is 0 Å². The first-order valence-corrected chi connectivity index (χ1v) is 12.1. The summed E-state index contributed by atoms with van der Waals surface area (Å²) in [6.45, 7) is 7.87. The van der Waals surface area contributed by atoms with Gasteiger partial charge in [-0.25, -0.2) is 4.39 Å². The molecule has 3 aliphatic heterocycles. The molecule has 184 valence electrons. The van der Waals surface area contributed by atoms with E-state index < -0.39 is 17.3 Å². The van der Waals surface area contributed by atoms with Gasteiger partial charge in [0, 0.05) is 43.3 Å². The van der Waals surface area contributed by atoms with Crippen LogP contribution in [0.3, 0.4) is 0 Å². The first-order valence-electron chi connectivity index (χ1n) is 12.1. The van der Waals surface area contributed by atoms with Crippen molar-refractivity contribution >= 4 is 17.7 Å². The summed E-state index contributed by atoms with van der Waals surface area (Å²) in [5.74, 6) is -1.52. The highest BCUT2D eigenvalue weighted by atomic mass is 19.1. The molecule has 0 radical (unpaired) electrons. The molecule has 5 rings (SSSR count). The van der Waals surface area contributed by atoms with Crippen LogP contribution in [-0.2, 0) is 9.53 Å². The van der Waals surface area contributed by atoms with Crippen LogP contribution in [0.2, 0.25) is 0 Å². The van der Waals surface area contributed by atoms with Crippen molar-refractivity contribution in [1.82, 2.24) is 14.7 Å². The van der Waals surface area contributed by atoms with Crippen LogP contribution >= 0.6 is 0 Å². The predicted octanol–water partition coefficient (Wildman–Crippen LogP) is 2.84. The maximum absolute atomic E-state index is 14.1. The van der Waals surface area contributed by atoms with E-state index in [-0.39, 0.29) is 42.4 Å². The molecule has 35 heavy (non-hydrogen) atoms. The van der Waals surface area contributed by atoms with Gasteiger partial charge in [-0.05, 0) is 50.1 Å². The van der Waals surface area contributed by atoms with Crippen LogP contribution < -0.4 is 0 Å². The largest absolute Gasteiger partial charge is 0.378 e. The Bertz CT molecular complexity index is 1180. The molecule has 2 saturated heterocycles. The number of likely N-dealkylation sites (tertiary alicyclic amines) is 1. The molecule has 0 saturated carbocycles. The third-order valence-electron chi connectivity index (χ3n) is 7.46. The summed E-state index contributed by atoms with van der Waals surface area (Å²) in [6, 6.07) is 11.6. The molecule has 3 amide bonds. The minimum Gasteiger partial charge on any atom is -0.378 e. The van der Waals surface area contributed by atoms with Gasteiger partial charge >= 0.3 is 0 Å². The first kappa shape index (κ1) is 23.5. The summed E-state index contributed by atoms with van der Waals surface area (Å²) in [6.07, 6.45) is 0. The van der Waals surface area contributed by atoms with E-state index in [1.807, 2.05) is 32.0 Å². The molecule has 2 aromatic rings. The fraction of sp³-hybridized carbons (Fsp3) is 0.444. The lowest BCUT2D eigenvalue weighted by molar-refractivity contribution is -0.146. The van der Waals surface area contributed by atoms with Gasteiger partial charge in [0.1, 0.15) is 5.82 Å². The number of nitrogens with zero attached hydrogens (tertiary/aromatic N) is 3. The van der Waals surface area contributed by atoms with E-state index in [1.165, 1.54) is 6.07 Å². The van der Waals surface area contributed by atoms with Crippen molar-refractivity contribution in [2.24, 2.45) is 0 Å². The van der Waals surface area contributed by atoms with Crippen molar-refractivity contribution in [3.8, 4) is 0 Å². The second-order valence-corrected chi connectivity index (χ2v) is 9.96. The molecule has 0 aliphatic carbocycles. The quantitative estimate of drug-likeness (QED) is 0.679. The number of aryl methyl sites for hydroxylation is 1. The summed E-state index contributed by atoms with van der Waals surface area (Å²) >= 11 is 0. The number of amides is 3. The zero-order valence-corrected chi connectivity index (χ0v) is 20.3. The van der Waals surface area contributed by atoms with Gasteiger partial charge in [-0.1, -0.05) is 24.3 Å². The third kappa shape index (κ3) is 3.71. The summed E-state index contributed by atoms with van der Waals surface area (Å²) in [7, 11) is 0. The van der Waals surface area contributed by atoms with Crippen molar-refractivity contribution in [1.29, 1.82) is 0 Å². The summed E-state index contributed by atoms with van der Waals surface area (Å²) in [5, 5.41) is 0. The normalized spacial score (nSPS) is 21.2. The Morgan fingerprint density at radius 1 is 1.06 bits per heavy atom. The van der Waals surface area contributed by atoms with Gasteiger partial charge in [-0.2, -0.15) is 0 Å². The highest BCUT2D eigenvalue weighted by molar-refractivity contribution is 6.03. The number of carbonyl (C=O) groups excluding carboxylic acids is 3. The van der Waals surface area contributed by atoms with E-state index in [0.29, 0.717) is 43.0 Å². The van der Waals surface area contributed by atoms with Crippen molar-refractivity contribution in [3.05, 3.63) is 70.5 Å². The van der Waals surface area contributed by atoms with E-state index in [4.69, 9.17) is 4.74 Å². The topological polar surface area (TPSA) is 70.2 Å². The number of hydrogen-bond donors (Lipinski definition) is 0. The maximum atomic E-state index is 14.1. The lowest BCUT2D eigenvalue weighted by Gasteiger charge is -2.62. The molecular formula is C27H30FN3O4. The van der Waals surface area contributed by atoms with Gasteiger partial charge < -0.3 is 19.4 Å². The molecule has 8 heteroatoms. The SMILES string of the molecule is Cc1ccc(C(=O)N2CC3(C2)C(C(=O)N2CCOCC2)c2ccccc2C(=O)N3C(C)C)cc1F. The highest BCUT2D eigenvalue weighted by Gasteiger charge is 2.62. The number of morpholine rings is 1. The molecule has 7 nitrogen and oxygen atoms in total. The molecule has 1 unspecified atom stereocenters. The summed E-state index contributed by atoms with van der Waals surface area (Å²) < 4.78 is 19.6. The second kappa shape index (κ2) is 8.75. The molecule has 0 bridgehead atoms. The average molecular weight is 480 g/mol. The Morgan fingerprint density at radius 2 is 1.74 bits per heavy atom. The van der Waals surface area contributed by atoms with Crippen molar-refractivity contribution < 1.29 is 23.5 Å². The molecule has 0 N–H and O–H groups in total. The molecule has 1 spiro atoms. The van der Waals surface area contributed by atoms with Crippen LogP contribution in [0.1, 0.15) is 51.6 Å². The zero-order valence-electron chi connectivity index (χ0n) is 20.3. The van der Waals surface area contributed by atoms with Crippen LogP contribution in [0.5, 0.6) is 0 Å². The number of hydrogen-bond acceptors (Lipinski definition) is 4. The second-order valence-electron chi connectivity index (χ2n) is 9.96. The molecular weight excluding hydrogens is 449 g/mol. The Balaban J connectivity index is 1.55. The average Bonchev–Trinajstić information content (AvgIpc) is 2.83. The van der Waals surface area contributed by atoms with Gasteiger partial charge in [0.25, 0.3) is 11.8 Å². The Labute approximate surface area is 204 Å². The molecule has 1 atom stereocenters. The lowest BCUT2D eigenvalue weighted by Crippen LogP contribution is -2.78. The fourth-order valence-electron chi connectivity index (χ4n) is 5.78. The molecule has 2 fully saturated rings. The predicted molar refractivity (Wildman–Crippen MR) is 128 cm³/mol. The van der Waals surface area contributed by atoms with E-state index in [9.17, 15) is 18.8 Å². The van der Waals surface area contributed by atoms with Gasteiger partial charge in [0.15, 0.2) is 0 Å². The Hall–Kier alpha value is -3.26. The van der Waals surface area contributed by atoms with Crippen LogP contribution in [0, 0.1) is 12.7 Å². The smallest absolute Gasteiger partial charge is 0.255 e. The highest BCUT2D eigenvalue weighted by Crippen LogP contribution is 2.48. The number of carbonyl (C=O) groups is 3. The fourth-order valence-corrected chi connectivity index (χ4v) is 5.78. The molecule has 3 aliphatic rings. The first-order chi connectivity index (χ1) is 16.7. The number of ether oxygens (including phenoxy) is 1. The molecule has 3 heterocycles. The van der Waals surface area contributed by atoms with E-state index in [1.54, 1.807) is 39.8 Å². The zero-order chi connectivity index (χ0) is 24.9. The van der Waals surface area contributed by atoms with Gasteiger partial charge in [-0.3, -0.25) is 14.4 Å². The van der Waals surface area contributed by atoms with Gasteiger partial charge in [0.05, 0.1) is 24.7 Å². The van der Waals surface area contributed by atoms with Gasteiger partial charge in [-0.15, -0.1) is 0 Å². The number of halogens is 1. The van der Waals surface area contributed by atoms with E-state index in [2.05, 4.69) is 0 Å². The summed E-state index contributed by atoms with van der Waals surface area (Å²) in [4.78, 5) is 46.1. The van der Waals surface area contributed by atoms with Crippen LogP contribution in [-0.4, -0.2) is 83.4 Å². The Kier molecular flexibility index (Phi) is 5.87. The van der Waals surface area contributed by atoms with Crippen LogP contribution in [0.15, 0.2) is 42.5 Å². The van der Waals surface area contributed by atoms with E-state index >= 15 is 0 Å². The molecule has 0 aromatic heterocycles. The van der Waals surface area contributed by atoms with Crippen molar-refractivity contribution in [2.75, 3.05) is 39.4 Å². The van der Waals surface area contributed by atoms with E-state index in [0.717, 1.165) is 0 Å². The third-order valence-corrected chi connectivity index (χ3v) is 7.46. The number of benzene rings is 2. The summed E-state index contributed by atoms with van der Waals surface area (Å²) in [5.41, 5.74) is 1.10. The maximum Gasteiger partial charge on any atom is 0.255 e. The van der Waals surface area contributed by atoms with Crippen molar-refractivity contribution in [2.45, 2.75) is 38.3 Å². The molecule has 2 aromatic carbocycles. The minimum atomic E-state index is -0.867. The Morgan fingerprint density at radius 3 is 2.40 bits per heavy atom. The number of rotatable bonds is 3.